The van der Waals surface area contributed by atoms with Gasteiger partial charge in [0.2, 0.25) is 5.78 Å². The van der Waals surface area contributed by atoms with E-state index in [0.29, 0.717) is 30.6 Å². The number of carbonyl (C=O) groups is 2. The number of anilines is 1. The van der Waals surface area contributed by atoms with Crippen molar-refractivity contribution in [1.29, 1.82) is 0 Å². The molecule has 0 aliphatic heterocycles. The zero-order chi connectivity index (χ0) is 26.0. The summed E-state index contributed by atoms with van der Waals surface area (Å²) in [6, 6.07) is 4.90. The number of halogens is 1. The Morgan fingerprint density at radius 3 is 2.39 bits per heavy atom. The Morgan fingerprint density at radius 2 is 1.78 bits per heavy atom. The van der Waals surface area contributed by atoms with Crippen molar-refractivity contribution in [3.63, 3.8) is 0 Å². The summed E-state index contributed by atoms with van der Waals surface area (Å²) in [5.41, 5.74) is 3.32. The van der Waals surface area contributed by atoms with E-state index >= 15 is 4.39 Å². The van der Waals surface area contributed by atoms with E-state index in [0.717, 1.165) is 28.4 Å². The van der Waals surface area contributed by atoms with Gasteiger partial charge >= 0.3 is 11.7 Å². The second-order valence-corrected chi connectivity index (χ2v) is 10.8. The van der Waals surface area contributed by atoms with E-state index in [1.54, 1.807) is 12.1 Å². The summed E-state index contributed by atoms with van der Waals surface area (Å²) in [5, 5.41) is 0. The molecule has 4 atom stereocenters. The Kier molecular flexibility index (Phi) is 5.61. The molecule has 192 valence electrons. The minimum Gasteiger partial charge on any atom is -0.497 e. The number of nitrogens with zero attached hydrogens (tertiary/aromatic N) is 2. The maximum atomic E-state index is 15.2. The van der Waals surface area contributed by atoms with Gasteiger partial charge < -0.3 is 15.2 Å². The largest absolute Gasteiger partial charge is 0.497 e. The lowest BCUT2D eigenvalue weighted by Gasteiger charge is -2.61. The molecule has 36 heavy (non-hydrogen) atoms. The predicted octanol–water partition coefficient (Wildman–Crippen LogP) is 2.08. The Labute approximate surface area is 207 Å². The molecular weight excluding hydrogens is 469 g/mol. The molecule has 2 aromatic rings. The van der Waals surface area contributed by atoms with Gasteiger partial charge in [0, 0.05) is 20.2 Å². The molecule has 4 fully saturated rings. The van der Waals surface area contributed by atoms with Crippen LogP contribution < -0.4 is 21.7 Å². The Bertz CT molecular complexity index is 1380. The maximum Gasteiger partial charge on any atom is 0.332 e. The van der Waals surface area contributed by atoms with Crippen LogP contribution in [0.1, 0.15) is 54.4 Å². The van der Waals surface area contributed by atoms with Gasteiger partial charge in [0.25, 0.3) is 5.56 Å². The molecule has 4 aliphatic rings. The van der Waals surface area contributed by atoms with Crippen LogP contribution in [0.15, 0.2) is 27.8 Å². The third-order valence-electron chi connectivity index (χ3n) is 8.56. The van der Waals surface area contributed by atoms with Crippen LogP contribution in [0.25, 0.3) is 0 Å². The molecule has 9 nitrogen and oxygen atoms in total. The lowest BCUT2D eigenvalue weighted by molar-refractivity contribution is -0.173. The number of hydrogen-bond donors (Lipinski definition) is 1. The molecule has 6 rings (SSSR count). The number of ether oxygens (including phenoxy) is 2. The van der Waals surface area contributed by atoms with E-state index in [4.69, 9.17) is 15.2 Å². The minimum atomic E-state index is -0.833. The lowest BCUT2D eigenvalue weighted by Crippen LogP contribution is -2.57. The summed E-state index contributed by atoms with van der Waals surface area (Å²) in [5.74, 6) is -0.896. The van der Waals surface area contributed by atoms with Gasteiger partial charge in [0.05, 0.1) is 12.5 Å². The van der Waals surface area contributed by atoms with E-state index in [1.807, 2.05) is 0 Å². The van der Waals surface area contributed by atoms with E-state index in [-0.39, 0.29) is 29.0 Å². The summed E-state index contributed by atoms with van der Waals surface area (Å²) < 4.78 is 27.6. The van der Waals surface area contributed by atoms with Crippen molar-refractivity contribution in [2.45, 2.75) is 43.9 Å². The van der Waals surface area contributed by atoms with Gasteiger partial charge in [-0.1, -0.05) is 6.07 Å². The monoisotopic (exact) mass is 499 g/mol. The van der Waals surface area contributed by atoms with Crippen molar-refractivity contribution < 1.29 is 23.5 Å². The Morgan fingerprint density at radius 1 is 1.11 bits per heavy atom. The van der Waals surface area contributed by atoms with Gasteiger partial charge in [-0.2, -0.15) is 0 Å². The first-order valence-corrected chi connectivity index (χ1v) is 12.1. The first kappa shape index (κ1) is 24.3. The second-order valence-electron chi connectivity index (χ2n) is 10.8. The predicted molar refractivity (Wildman–Crippen MR) is 128 cm³/mol. The number of nitrogen functional groups attached to an aromatic ring is 1. The van der Waals surface area contributed by atoms with Gasteiger partial charge in [-0.3, -0.25) is 23.5 Å². The average molecular weight is 500 g/mol. The number of aromatic nitrogens is 2. The van der Waals surface area contributed by atoms with Crippen LogP contribution >= 0.6 is 0 Å². The molecule has 2 unspecified atom stereocenters. The normalized spacial score (nSPS) is 28.2. The molecule has 0 spiro atoms. The highest BCUT2D eigenvalue weighted by Gasteiger charge is 2.62. The van der Waals surface area contributed by atoms with Crippen LogP contribution in [-0.4, -0.2) is 34.6 Å². The van der Waals surface area contributed by atoms with Crippen molar-refractivity contribution in [1.82, 2.24) is 9.13 Å². The first-order chi connectivity index (χ1) is 17.0. The number of ketones is 1. The number of benzene rings is 1. The maximum absolute atomic E-state index is 15.2. The molecule has 1 aromatic carbocycles. The molecule has 1 aromatic heterocycles. The van der Waals surface area contributed by atoms with Gasteiger partial charge in [-0.25, -0.2) is 9.18 Å². The van der Waals surface area contributed by atoms with Crippen LogP contribution in [0, 0.1) is 23.1 Å². The fraction of sp³-hybridized carbons (Fsp3) is 0.538. The second kappa shape index (κ2) is 8.31. The third kappa shape index (κ3) is 3.57. The lowest BCUT2D eigenvalue weighted by atomic mass is 9.43. The summed E-state index contributed by atoms with van der Waals surface area (Å²) in [6.45, 7) is -0.655. The number of methoxy groups -OCH3 is 1. The zero-order valence-corrected chi connectivity index (χ0v) is 20.6. The van der Waals surface area contributed by atoms with Crippen molar-refractivity contribution in [3.8, 4) is 5.75 Å². The minimum absolute atomic E-state index is 0.266. The molecule has 1 heterocycles. The Balaban J connectivity index is 1.40. The highest BCUT2D eigenvalue weighted by atomic mass is 19.1. The molecule has 0 radical (unpaired) electrons. The van der Waals surface area contributed by atoms with Gasteiger partial charge in [0.1, 0.15) is 22.9 Å². The molecule has 10 heteroatoms. The summed E-state index contributed by atoms with van der Waals surface area (Å²) >= 11 is 0. The summed E-state index contributed by atoms with van der Waals surface area (Å²) in [6.07, 6.45) is 4.35. The quantitative estimate of drug-likeness (QED) is 0.477. The number of esters is 1. The number of Topliss-reactive ketones (excluding diaryl/α,β-unsaturated/α-hetero) is 1. The average Bonchev–Trinajstić information content (AvgIpc) is 2.83. The van der Waals surface area contributed by atoms with Crippen LogP contribution in [0.2, 0.25) is 0 Å². The molecular formula is C26H30FN3O6. The van der Waals surface area contributed by atoms with E-state index < -0.39 is 40.4 Å². The molecule has 4 aliphatic carbocycles. The molecule has 0 saturated heterocycles. The van der Waals surface area contributed by atoms with Crippen molar-refractivity contribution >= 4 is 17.6 Å². The molecule has 4 saturated carbocycles. The third-order valence-corrected chi connectivity index (χ3v) is 8.56. The van der Waals surface area contributed by atoms with Crippen molar-refractivity contribution in [2.24, 2.45) is 31.3 Å². The van der Waals surface area contributed by atoms with Crippen LogP contribution in [0.5, 0.6) is 5.75 Å². The standard InChI is InChI=1S/C26H30FN3O6/c1-29-21(28)20(22(32)30(2)24(29)34)19(31)12-36-23(33)26-10-14-6-15(11-26)9-25(8-14,13-26)17-5-4-16(35-3)7-18(17)27/h4-5,7,14-15H,6,8-13,28H2,1-3H3/t14-,15+,25?,26?. The summed E-state index contributed by atoms with van der Waals surface area (Å²) in [4.78, 5) is 50.9. The Hall–Kier alpha value is -3.43. The highest BCUT2D eigenvalue weighted by molar-refractivity contribution is 6.01. The van der Waals surface area contributed by atoms with Crippen LogP contribution in [0.3, 0.4) is 0 Å². The van der Waals surface area contributed by atoms with E-state index in [2.05, 4.69) is 0 Å². The number of carbonyl (C=O) groups excluding carboxylic acids is 2. The van der Waals surface area contributed by atoms with E-state index in [1.165, 1.54) is 27.3 Å². The number of nitrogens with two attached hydrogens (primary N) is 1. The highest BCUT2D eigenvalue weighted by Crippen LogP contribution is 2.66. The topological polar surface area (TPSA) is 123 Å². The fourth-order valence-corrected chi connectivity index (χ4v) is 7.35. The van der Waals surface area contributed by atoms with E-state index in [9.17, 15) is 19.2 Å². The van der Waals surface area contributed by atoms with Crippen molar-refractivity contribution in [3.05, 3.63) is 56.0 Å². The van der Waals surface area contributed by atoms with Gasteiger partial charge in [0.15, 0.2) is 6.61 Å². The van der Waals surface area contributed by atoms with Gasteiger partial charge in [-0.15, -0.1) is 0 Å². The van der Waals surface area contributed by atoms with Crippen molar-refractivity contribution in [2.75, 3.05) is 19.5 Å². The summed E-state index contributed by atoms with van der Waals surface area (Å²) in [7, 11) is 4.09. The molecule has 0 amide bonds. The molecule has 2 N–H and O–H groups in total. The first-order valence-electron chi connectivity index (χ1n) is 12.1. The van der Waals surface area contributed by atoms with Crippen LogP contribution in [-0.2, 0) is 29.0 Å². The SMILES string of the molecule is COc1ccc(C23C[C@@H]4C[C@@H](CC(C(=O)OCC(=O)c5c(N)n(C)c(=O)n(C)c5=O)(C4)C2)C3)c(F)c1. The molecule has 4 bridgehead atoms. The number of rotatable bonds is 6. The smallest absolute Gasteiger partial charge is 0.332 e. The van der Waals surface area contributed by atoms with Crippen LogP contribution in [0.4, 0.5) is 10.2 Å². The van der Waals surface area contributed by atoms with Gasteiger partial charge in [-0.05, 0) is 67.4 Å². The fourth-order valence-electron chi connectivity index (χ4n) is 7.35. The zero-order valence-electron chi connectivity index (χ0n) is 20.6. The number of hydrogen-bond acceptors (Lipinski definition) is 7.